The summed E-state index contributed by atoms with van der Waals surface area (Å²) in [6, 6.07) is 17.8. The van der Waals surface area contributed by atoms with Crippen LogP contribution < -0.4 is 21.0 Å². The smallest absolute Gasteiger partial charge is 0.459 e. The van der Waals surface area contributed by atoms with Gasteiger partial charge in [0.15, 0.2) is 12.4 Å². The molecule has 4 rings (SSSR count). The zero-order valence-electron chi connectivity index (χ0n) is 25.0. The topological polar surface area (TPSA) is 153 Å². The first-order valence-electron chi connectivity index (χ1n) is 14.1. The van der Waals surface area contributed by atoms with Crippen molar-refractivity contribution in [2.45, 2.75) is 65.0 Å². The highest BCUT2D eigenvalue weighted by Crippen LogP contribution is 2.50. The van der Waals surface area contributed by atoms with Crippen LogP contribution in [0.15, 0.2) is 77.7 Å². The second-order valence-corrected chi connectivity index (χ2v) is 12.7. The lowest BCUT2D eigenvalue weighted by Crippen LogP contribution is -2.43. The number of aromatic nitrogens is 2. The first-order chi connectivity index (χ1) is 20.9. The summed E-state index contributed by atoms with van der Waals surface area (Å²) in [6.45, 7) is 6.01. The van der Waals surface area contributed by atoms with Crippen LogP contribution in [0.3, 0.4) is 0 Å². The number of nitrogens with one attached hydrogen (secondary N) is 1. The van der Waals surface area contributed by atoms with Gasteiger partial charge in [0, 0.05) is 6.20 Å². The molecule has 2 heterocycles. The molecule has 0 bridgehead atoms. The molecule has 0 radical (unpaired) electrons. The van der Waals surface area contributed by atoms with Crippen molar-refractivity contribution in [2.24, 2.45) is 5.41 Å². The summed E-state index contributed by atoms with van der Waals surface area (Å²) >= 11 is 0. The molecule has 14 heteroatoms. The molecule has 0 spiro atoms. The van der Waals surface area contributed by atoms with E-state index in [1.165, 1.54) is 19.2 Å². The average molecular weight is 633 g/mol. The summed E-state index contributed by atoms with van der Waals surface area (Å²) in [5, 5.41) is 2.61. The van der Waals surface area contributed by atoms with E-state index in [9.17, 15) is 14.2 Å². The van der Waals surface area contributed by atoms with Crippen molar-refractivity contribution in [1.29, 1.82) is 0 Å². The first kappa shape index (κ1) is 33.3. The van der Waals surface area contributed by atoms with Crippen molar-refractivity contribution in [2.75, 3.05) is 18.9 Å². The zero-order chi connectivity index (χ0) is 31.9. The largest absolute Gasteiger partial charge is 0.462 e. The molecule has 12 nitrogen and oxygen atoms in total. The van der Waals surface area contributed by atoms with Gasteiger partial charge < -0.3 is 24.5 Å². The molecule has 0 saturated carbocycles. The van der Waals surface area contributed by atoms with E-state index in [1.807, 2.05) is 30.3 Å². The predicted octanol–water partition coefficient (Wildman–Crippen LogP) is 4.42. The Labute approximate surface area is 255 Å². The maximum Gasteiger partial charge on any atom is 0.459 e. The van der Waals surface area contributed by atoms with Gasteiger partial charge in [0.2, 0.25) is 0 Å². The minimum absolute atomic E-state index is 0.0244. The van der Waals surface area contributed by atoms with E-state index in [0.29, 0.717) is 0 Å². The molecule has 3 N–H and O–H groups in total. The van der Waals surface area contributed by atoms with Crippen LogP contribution in [-0.4, -0.2) is 53.2 Å². The van der Waals surface area contributed by atoms with Crippen molar-refractivity contribution in [3.05, 3.63) is 89.0 Å². The van der Waals surface area contributed by atoms with Crippen LogP contribution in [0.5, 0.6) is 5.75 Å². The molecule has 1 fully saturated rings. The first-order valence-corrected chi connectivity index (χ1v) is 15.7. The van der Waals surface area contributed by atoms with E-state index in [1.54, 1.807) is 51.1 Å². The van der Waals surface area contributed by atoms with E-state index >= 15 is 4.39 Å². The number of rotatable bonds is 14. The van der Waals surface area contributed by atoms with Gasteiger partial charge in [-0.3, -0.25) is 13.9 Å². The van der Waals surface area contributed by atoms with Crippen molar-refractivity contribution >= 4 is 19.5 Å². The summed E-state index contributed by atoms with van der Waals surface area (Å²) in [7, 11) is -4.30. The molecule has 44 heavy (non-hydrogen) atoms. The van der Waals surface area contributed by atoms with Gasteiger partial charge in [0.05, 0.1) is 37.4 Å². The highest BCUT2D eigenvalue weighted by molar-refractivity contribution is 7.52. The van der Waals surface area contributed by atoms with Crippen LogP contribution in [0, 0.1) is 5.41 Å². The lowest BCUT2D eigenvalue weighted by molar-refractivity contribution is -0.149. The predicted molar refractivity (Wildman–Crippen MR) is 160 cm³/mol. The summed E-state index contributed by atoms with van der Waals surface area (Å²) in [4.78, 5) is 28.8. The summed E-state index contributed by atoms with van der Waals surface area (Å²) in [5.41, 5.74) is 4.31. The van der Waals surface area contributed by atoms with E-state index < -0.39 is 62.1 Å². The minimum Gasteiger partial charge on any atom is -0.462 e. The van der Waals surface area contributed by atoms with Gasteiger partial charge >= 0.3 is 19.4 Å². The second kappa shape index (κ2) is 14.4. The third-order valence-electron chi connectivity index (χ3n) is 6.99. The average Bonchev–Trinajstić information content (AvgIpc) is 3.22. The molecule has 1 aliphatic rings. The van der Waals surface area contributed by atoms with Crippen molar-refractivity contribution in [1.82, 2.24) is 14.6 Å². The van der Waals surface area contributed by atoms with E-state index in [0.717, 1.165) is 10.1 Å². The third-order valence-corrected chi connectivity index (χ3v) is 8.64. The number of anilines is 1. The highest BCUT2D eigenvalue weighted by atomic mass is 31.2. The lowest BCUT2D eigenvalue weighted by Gasteiger charge is -2.32. The van der Waals surface area contributed by atoms with E-state index in [4.69, 9.17) is 29.0 Å². The number of halogens is 1. The van der Waals surface area contributed by atoms with Crippen molar-refractivity contribution < 1.29 is 37.0 Å². The van der Waals surface area contributed by atoms with Crippen LogP contribution in [0.1, 0.15) is 39.5 Å². The van der Waals surface area contributed by atoms with Gasteiger partial charge in [0.1, 0.15) is 17.6 Å². The Kier molecular flexibility index (Phi) is 10.9. The number of alkyl halides is 1. The molecule has 1 saturated heterocycles. The zero-order valence-corrected chi connectivity index (χ0v) is 25.9. The lowest BCUT2D eigenvalue weighted by atomic mass is 9.82. The van der Waals surface area contributed by atoms with Crippen LogP contribution >= 0.6 is 7.75 Å². The molecule has 3 aromatic rings. The van der Waals surface area contributed by atoms with Crippen LogP contribution in [-0.2, 0) is 34.7 Å². The molecule has 6 atom stereocenters. The van der Waals surface area contributed by atoms with Gasteiger partial charge in [-0.2, -0.15) is 10.1 Å². The Hall–Kier alpha value is -3.61. The summed E-state index contributed by atoms with van der Waals surface area (Å²) in [6.07, 6.45) is -3.39. The molecule has 2 aromatic carbocycles. The molecule has 3 unspecified atom stereocenters. The number of carbonyl (C=O) groups is 1. The fraction of sp³-hybridized carbons (Fsp3) is 0.433. The number of para-hydroxylation sites is 1. The quantitative estimate of drug-likeness (QED) is 0.192. The third kappa shape index (κ3) is 8.30. The van der Waals surface area contributed by atoms with Crippen LogP contribution in [0.4, 0.5) is 10.2 Å². The minimum atomic E-state index is -4.30. The summed E-state index contributed by atoms with van der Waals surface area (Å²) in [5.74, 6) is -0.491. The maximum absolute atomic E-state index is 16.3. The summed E-state index contributed by atoms with van der Waals surface area (Å²) < 4.78 is 60.1. The second-order valence-electron chi connectivity index (χ2n) is 11.0. The number of nitrogen functional groups attached to an aromatic ring is 1. The highest BCUT2D eigenvalue weighted by Gasteiger charge is 2.56. The van der Waals surface area contributed by atoms with Gasteiger partial charge in [-0.25, -0.2) is 13.8 Å². The number of ether oxygens (including phenoxy) is 3. The normalized spacial score (nSPS) is 23.6. The number of nitrogens with zero attached hydrogens (tertiary/aromatic N) is 2. The van der Waals surface area contributed by atoms with Gasteiger partial charge in [-0.15, -0.1) is 0 Å². The molecular formula is C30H38FN4O8P. The van der Waals surface area contributed by atoms with Crippen LogP contribution in [0.25, 0.3) is 0 Å². The Bertz CT molecular complexity index is 1500. The monoisotopic (exact) mass is 632 g/mol. The molecular weight excluding hydrogens is 594 g/mol. The van der Waals surface area contributed by atoms with Gasteiger partial charge in [-0.05, 0) is 44.5 Å². The SMILES string of the molecule is CC(C)OC(=O)[C@H](C)NP(=O)(OC[C@H]1O[C@@H](n2ccc(N)nc2=O)C(F)C1(C)COCc1ccccc1)Oc1ccccc1. The van der Waals surface area contributed by atoms with E-state index in [2.05, 4.69) is 10.1 Å². The van der Waals surface area contributed by atoms with Gasteiger partial charge in [0.25, 0.3) is 0 Å². The standard InChI is InChI=1S/C30H38FN4O8P/c1-20(2)41-28(36)21(3)34-44(38,43-23-13-9-6-10-14-23)40-18-24-30(4,19-39-17-22-11-7-5-8-12-22)26(31)27(42-24)35-16-15-25(32)33-29(35)37/h5-16,20-21,24,26-27H,17-19H2,1-4H3,(H,34,38)(H2,32,33,37)/t21-,24+,26?,27+,30?,44?/m0/s1. The fourth-order valence-corrected chi connectivity index (χ4v) is 6.08. The van der Waals surface area contributed by atoms with Crippen molar-refractivity contribution in [3.63, 3.8) is 0 Å². The molecule has 1 aromatic heterocycles. The van der Waals surface area contributed by atoms with Crippen LogP contribution in [0.2, 0.25) is 0 Å². The molecule has 238 valence electrons. The number of carbonyl (C=O) groups excluding carboxylic acids is 1. The number of hydrogen-bond acceptors (Lipinski definition) is 10. The Morgan fingerprint density at radius 3 is 2.43 bits per heavy atom. The fourth-order valence-electron chi connectivity index (χ4n) is 4.59. The van der Waals surface area contributed by atoms with E-state index in [-0.39, 0.29) is 24.8 Å². The van der Waals surface area contributed by atoms with Crippen molar-refractivity contribution in [3.8, 4) is 5.75 Å². The Morgan fingerprint density at radius 1 is 1.14 bits per heavy atom. The maximum atomic E-state index is 16.3. The Balaban J connectivity index is 1.59. The number of esters is 1. The Morgan fingerprint density at radius 2 is 1.80 bits per heavy atom. The molecule has 0 amide bonds. The molecule has 1 aliphatic heterocycles. The number of nitrogens with two attached hydrogens (primary N) is 1. The van der Waals surface area contributed by atoms with Gasteiger partial charge in [-0.1, -0.05) is 55.5 Å². The number of benzene rings is 2. The number of hydrogen-bond donors (Lipinski definition) is 2. The molecule has 0 aliphatic carbocycles.